The van der Waals surface area contributed by atoms with Crippen LogP contribution in [0.2, 0.25) is 0 Å². The number of aromatic nitrogens is 2. The second-order valence-electron chi connectivity index (χ2n) is 8.44. The molecular weight excluding hydrogens is 471 g/mol. The van der Waals surface area contributed by atoms with Crippen LogP contribution in [0, 0.1) is 0 Å². The van der Waals surface area contributed by atoms with Crippen molar-refractivity contribution in [2.24, 2.45) is 0 Å². The van der Waals surface area contributed by atoms with Gasteiger partial charge in [0.15, 0.2) is 9.84 Å². The summed E-state index contributed by atoms with van der Waals surface area (Å²) in [5, 5.41) is 3.25. The van der Waals surface area contributed by atoms with Gasteiger partial charge in [-0.05, 0) is 43.7 Å². The number of rotatable bonds is 6. The molecule has 0 N–H and O–H groups in total. The van der Waals surface area contributed by atoms with Gasteiger partial charge < -0.3 is 9.42 Å². The summed E-state index contributed by atoms with van der Waals surface area (Å²) >= 11 is 0. The van der Waals surface area contributed by atoms with Crippen LogP contribution < -0.4 is 0 Å². The number of carbonyl (C=O) groups is 1. The monoisotopic (exact) mass is 493 g/mol. The lowest BCUT2D eigenvalue weighted by Crippen LogP contribution is -2.49. The van der Waals surface area contributed by atoms with Gasteiger partial charge in [-0.15, -0.1) is 0 Å². The Balaban J connectivity index is 1.35. The van der Waals surface area contributed by atoms with Gasteiger partial charge in [-0.1, -0.05) is 29.4 Å². The van der Waals surface area contributed by atoms with E-state index in [1.165, 1.54) is 24.3 Å². The average molecular weight is 494 g/mol. The fourth-order valence-corrected chi connectivity index (χ4v) is 4.61. The number of alkyl halides is 3. The second-order valence-corrected chi connectivity index (χ2v) is 10.9. The molecule has 0 radical (unpaired) electrons. The van der Waals surface area contributed by atoms with Gasteiger partial charge in [-0.25, -0.2) is 8.42 Å². The van der Waals surface area contributed by atoms with Crippen molar-refractivity contribution in [3.8, 4) is 11.4 Å². The first-order chi connectivity index (χ1) is 15.9. The average Bonchev–Trinajstić information content (AvgIpc) is 3.22. The zero-order chi connectivity index (χ0) is 24.7. The Morgan fingerprint density at radius 1 is 1.15 bits per heavy atom. The molecule has 1 aliphatic heterocycles. The topological polar surface area (TPSA) is 93.4 Å². The first-order valence-corrected chi connectivity index (χ1v) is 12.1. The van der Waals surface area contributed by atoms with Crippen LogP contribution in [0.1, 0.15) is 36.8 Å². The maximum Gasteiger partial charge on any atom is 0.416 e. The van der Waals surface area contributed by atoms with Gasteiger partial charge in [0.2, 0.25) is 17.6 Å². The first kappa shape index (κ1) is 23.9. The van der Waals surface area contributed by atoms with E-state index in [4.69, 9.17) is 4.52 Å². The highest BCUT2D eigenvalue weighted by Crippen LogP contribution is 2.33. The van der Waals surface area contributed by atoms with Crippen LogP contribution in [-0.4, -0.2) is 47.7 Å². The minimum Gasteiger partial charge on any atom is -0.341 e. The lowest BCUT2D eigenvalue weighted by atomic mass is 9.98. The van der Waals surface area contributed by atoms with E-state index in [9.17, 15) is 26.4 Å². The van der Waals surface area contributed by atoms with Crippen LogP contribution in [0.3, 0.4) is 0 Å². The number of likely N-dealkylation sites (tertiary alicyclic amines) is 1. The summed E-state index contributed by atoms with van der Waals surface area (Å²) in [6, 6.07) is 10.9. The smallest absolute Gasteiger partial charge is 0.341 e. The van der Waals surface area contributed by atoms with E-state index < -0.39 is 26.8 Å². The van der Waals surface area contributed by atoms with Gasteiger partial charge in [0, 0.05) is 18.7 Å². The lowest BCUT2D eigenvalue weighted by Gasteiger charge is -2.37. The predicted octanol–water partition coefficient (Wildman–Crippen LogP) is 4.11. The number of amides is 1. The standard InChI is InChI=1S/C23H22F3N3O4S/c1-14(2)34(31,32)19-8-6-15(7-9-19)10-20(30)29-12-17(13-29)22-27-21(28-33-22)16-4-3-5-18(11-16)23(24,25)26/h3-9,11,14,17H,10,12-13H2,1-2H3. The third kappa shape index (κ3) is 4.84. The van der Waals surface area contributed by atoms with Gasteiger partial charge in [-0.2, -0.15) is 18.2 Å². The lowest BCUT2D eigenvalue weighted by molar-refractivity contribution is -0.137. The molecule has 11 heteroatoms. The van der Waals surface area contributed by atoms with Crippen molar-refractivity contribution in [1.29, 1.82) is 0 Å². The third-order valence-electron chi connectivity index (χ3n) is 5.70. The molecule has 1 aliphatic rings. The quantitative estimate of drug-likeness (QED) is 0.513. The van der Waals surface area contributed by atoms with Crippen molar-refractivity contribution >= 4 is 15.7 Å². The summed E-state index contributed by atoms with van der Waals surface area (Å²) in [7, 11) is -3.37. The Morgan fingerprint density at radius 3 is 2.44 bits per heavy atom. The Kier molecular flexibility index (Phi) is 6.24. The Morgan fingerprint density at radius 2 is 1.82 bits per heavy atom. The summed E-state index contributed by atoms with van der Waals surface area (Å²) in [6.07, 6.45) is -4.35. The fraction of sp³-hybridized carbons (Fsp3) is 0.348. The summed E-state index contributed by atoms with van der Waals surface area (Å²) in [5.41, 5.74) is 0.0902. The van der Waals surface area contributed by atoms with Crippen molar-refractivity contribution < 1.29 is 30.9 Å². The van der Waals surface area contributed by atoms with E-state index in [-0.39, 0.29) is 40.4 Å². The van der Waals surface area contributed by atoms with E-state index in [0.717, 1.165) is 12.1 Å². The molecule has 34 heavy (non-hydrogen) atoms. The van der Waals surface area contributed by atoms with E-state index in [1.807, 2.05) is 0 Å². The molecule has 0 saturated carbocycles. The molecule has 0 spiro atoms. The number of nitrogens with zero attached hydrogens (tertiary/aromatic N) is 3. The van der Waals surface area contributed by atoms with Crippen LogP contribution in [0.15, 0.2) is 57.9 Å². The van der Waals surface area contributed by atoms with Gasteiger partial charge >= 0.3 is 6.18 Å². The molecule has 1 saturated heterocycles. The molecule has 2 aromatic carbocycles. The highest BCUT2D eigenvalue weighted by molar-refractivity contribution is 7.92. The zero-order valence-electron chi connectivity index (χ0n) is 18.4. The summed E-state index contributed by atoms with van der Waals surface area (Å²) in [5.74, 6) is -0.00934. The molecule has 1 fully saturated rings. The van der Waals surface area contributed by atoms with Gasteiger partial charge in [-0.3, -0.25) is 4.79 Å². The Hall–Kier alpha value is -3.21. The predicted molar refractivity (Wildman–Crippen MR) is 117 cm³/mol. The van der Waals surface area contributed by atoms with Crippen LogP contribution in [0.4, 0.5) is 13.2 Å². The molecule has 0 atom stereocenters. The fourth-order valence-electron chi connectivity index (χ4n) is 3.55. The molecule has 4 rings (SSSR count). The van der Waals surface area contributed by atoms with Gasteiger partial charge in [0.25, 0.3) is 0 Å². The summed E-state index contributed by atoms with van der Waals surface area (Å²) < 4.78 is 68.4. The van der Waals surface area contributed by atoms with Crippen LogP contribution >= 0.6 is 0 Å². The van der Waals surface area contributed by atoms with E-state index in [2.05, 4.69) is 10.1 Å². The molecule has 7 nitrogen and oxygen atoms in total. The normalized spacial score (nSPS) is 14.9. The first-order valence-electron chi connectivity index (χ1n) is 10.6. The number of sulfone groups is 1. The van der Waals surface area contributed by atoms with Crippen molar-refractivity contribution in [1.82, 2.24) is 15.0 Å². The van der Waals surface area contributed by atoms with Crippen molar-refractivity contribution in [3.63, 3.8) is 0 Å². The highest BCUT2D eigenvalue weighted by Gasteiger charge is 2.36. The van der Waals surface area contributed by atoms with Gasteiger partial charge in [0.05, 0.1) is 28.0 Å². The number of hydrogen-bond donors (Lipinski definition) is 0. The SMILES string of the molecule is CC(C)S(=O)(=O)c1ccc(CC(=O)N2CC(c3nc(-c4cccc(C(F)(F)F)c4)no3)C2)cc1. The second kappa shape index (κ2) is 8.86. The van der Waals surface area contributed by atoms with Crippen molar-refractivity contribution in [2.75, 3.05) is 13.1 Å². The Labute approximate surface area is 194 Å². The molecular formula is C23H22F3N3O4S. The van der Waals surface area contributed by atoms with Crippen molar-refractivity contribution in [3.05, 3.63) is 65.5 Å². The van der Waals surface area contributed by atoms with Gasteiger partial charge in [0.1, 0.15) is 0 Å². The molecule has 180 valence electrons. The summed E-state index contributed by atoms with van der Waals surface area (Å²) in [6.45, 7) is 3.92. The largest absolute Gasteiger partial charge is 0.416 e. The molecule has 0 unspecified atom stereocenters. The third-order valence-corrected chi connectivity index (χ3v) is 7.87. The highest BCUT2D eigenvalue weighted by atomic mass is 32.2. The zero-order valence-corrected chi connectivity index (χ0v) is 19.2. The molecule has 1 aromatic heterocycles. The molecule has 0 aliphatic carbocycles. The molecule has 3 aromatic rings. The van der Waals surface area contributed by atoms with Crippen LogP contribution in [-0.2, 0) is 27.2 Å². The Bertz CT molecular complexity index is 1300. The van der Waals surface area contributed by atoms with E-state index >= 15 is 0 Å². The minimum absolute atomic E-state index is 0.0577. The maximum absolute atomic E-state index is 12.9. The van der Waals surface area contributed by atoms with Crippen LogP contribution in [0.25, 0.3) is 11.4 Å². The van der Waals surface area contributed by atoms with E-state index in [0.29, 0.717) is 18.7 Å². The molecule has 0 bridgehead atoms. The number of hydrogen-bond acceptors (Lipinski definition) is 6. The van der Waals surface area contributed by atoms with E-state index in [1.54, 1.807) is 30.9 Å². The number of carbonyl (C=O) groups excluding carboxylic acids is 1. The number of halogens is 3. The number of benzene rings is 2. The summed E-state index contributed by atoms with van der Waals surface area (Å²) in [4.78, 5) is 18.6. The molecule has 1 amide bonds. The van der Waals surface area contributed by atoms with Crippen LogP contribution in [0.5, 0.6) is 0 Å². The minimum atomic E-state index is -4.47. The molecule has 2 heterocycles. The maximum atomic E-state index is 12.9. The van der Waals surface area contributed by atoms with Crippen molar-refractivity contribution in [2.45, 2.75) is 42.5 Å².